The Labute approximate surface area is 217 Å². The number of hydrogen-bond donors (Lipinski definition) is 2. The minimum absolute atomic E-state index is 0.295. The van der Waals surface area contributed by atoms with E-state index in [4.69, 9.17) is 14.5 Å². The third kappa shape index (κ3) is 4.78. The Morgan fingerprint density at radius 2 is 1.30 bits per heavy atom. The molecule has 0 aliphatic heterocycles. The van der Waals surface area contributed by atoms with E-state index in [1.807, 2.05) is 58.0 Å². The average molecular weight is 502 g/mol. The van der Waals surface area contributed by atoms with Crippen LogP contribution in [0.2, 0.25) is 0 Å². The van der Waals surface area contributed by atoms with Crippen molar-refractivity contribution in [1.82, 2.24) is 15.0 Å². The molecule has 3 heterocycles. The van der Waals surface area contributed by atoms with E-state index in [2.05, 4.69) is 16.0 Å². The lowest BCUT2D eigenvalue weighted by Gasteiger charge is -2.18. The number of carbonyl (C=O) groups is 2. The highest BCUT2D eigenvalue weighted by molar-refractivity contribution is 5.91. The molecule has 0 bridgehead atoms. The van der Waals surface area contributed by atoms with E-state index < -0.39 is 0 Å². The van der Waals surface area contributed by atoms with Crippen LogP contribution in [0, 0.1) is 13.8 Å². The molecule has 0 atom stereocenters. The Morgan fingerprint density at radius 3 is 1.78 bits per heavy atom. The smallest absolute Gasteiger partial charge is 0.355 e. The van der Waals surface area contributed by atoms with E-state index in [0.717, 1.165) is 50.2 Å². The highest BCUT2D eigenvalue weighted by Crippen LogP contribution is 2.38. The molecular formula is C30H35N3O4. The Morgan fingerprint density at radius 1 is 0.784 bits per heavy atom. The third-order valence-corrected chi connectivity index (χ3v) is 7.00. The van der Waals surface area contributed by atoms with Crippen molar-refractivity contribution in [3.05, 3.63) is 87.1 Å². The van der Waals surface area contributed by atoms with Gasteiger partial charge in [0.25, 0.3) is 0 Å². The van der Waals surface area contributed by atoms with Crippen LogP contribution >= 0.6 is 0 Å². The van der Waals surface area contributed by atoms with Gasteiger partial charge in [0, 0.05) is 16.8 Å². The molecule has 3 aromatic heterocycles. The fourth-order valence-electron chi connectivity index (χ4n) is 5.21. The molecule has 0 aliphatic carbocycles. The summed E-state index contributed by atoms with van der Waals surface area (Å²) in [4.78, 5) is 37.6. The molecule has 0 fully saturated rings. The second kappa shape index (κ2) is 11.0. The van der Waals surface area contributed by atoms with Crippen LogP contribution in [0.4, 0.5) is 0 Å². The first-order valence-electron chi connectivity index (χ1n) is 13.0. The number of H-pyrrole nitrogens is 2. The van der Waals surface area contributed by atoms with Crippen LogP contribution in [0.3, 0.4) is 0 Å². The zero-order valence-corrected chi connectivity index (χ0v) is 22.5. The normalized spacial score (nSPS) is 11.3. The first kappa shape index (κ1) is 26.2. The van der Waals surface area contributed by atoms with Crippen LogP contribution in [-0.2, 0) is 22.3 Å². The van der Waals surface area contributed by atoms with Gasteiger partial charge in [0.2, 0.25) is 0 Å². The highest BCUT2D eigenvalue weighted by Gasteiger charge is 2.32. The summed E-state index contributed by atoms with van der Waals surface area (Å²) in [5, 5.41) is 1.04. The standard InChI is InChI=1S/C30H35N3O4/c1-7-20-17(5)25(32-27(20)29(34)36-9-3)24(23-16-15-19-13-11-12-14-22(19)31-23)26-18(6)21(8-2)28(33-26)30(35)37-10-4/h11-16,24,32-33H,7-10H2,1-6H3. The summed E-state index contributed by atoms with van der Waals surface area (Å²) < 4.78 is 10.7. The van der Waals surface area contributed by atoms with E-state index in [9.17, 15) is 9.59 Å². The molecule has 7 nitrogen and oxygen atoms in total. The highest BCUT2D eigenvalue weighted by atomic mass is 16.5. The topological polar surface area (TPSA) is 97.1 Å². The number of hydrogen-bond acceptors (Lipinski definition) is 5. The third-order valence-electron chi connectivity index (χ3n) is 7.00. The van der Waals surface area contributed by atoms with Gasteiger partial charge in [-0.2, -0.15) is 0 Å². The number of para-hydroxylation sites is 1. The first-order valence-corrected chi connectivity index (χ1v) is 13.0. The summed E-state index contributed by atoms with van der Waals surface area (Å²) >= 11 is 0. The summed E-state index contributed by atoms with van der Waals surface area (Å²) in [5.74, 6) is -1.11. The van der Waals surface area contributed by atoms with E-state index in [0.29, 0.717) is 37.4 Å². The van der Waals surface area contributed by atoms with Crippen LogP contribution in [0.15, 0.2) is 36.4 Å². The number of rotatable bonds is 9. The second-order valence-corrected chi connectivity index (χ2v) is 9.04. The molecule has 4 rings (SSSR count). The molecule has 1 aromatic carbocycles. The number of ether oxygens (including phenoxy) is 2. The average Bonchev–Trinajstić information content (AvgIpc) is 3.41. The number of fused-ring (bicyclic) bond motifs is 1. The number of carbonyl (C=O) groups excluding carboxylic acids is 2. The molecule has 0 radical (unpaired) electrons. The van der Waals surface area contributed by atoms with Gasteiger partial charge in [0.05, 0.1) is 30.3 Å². The van der Waals surface area contributed by atoms with Crippen LogP contribution in [0.5, 0.6) is 0 Å². The largest absolute Gasteiger partial charge is 0.461 e. The van der Waals surface area contributed by atoms with Crippen molar-refractivity contribution in [3.8, 4) is 0 Å². The van der Waals surface area contributed by atoms with Crippen molar-refractivity contribution >= 4 is 22.8 Å². The molecule has 0 amide bonds. The van der Waals surface area contributed by atoms with Gasteiger partial charge in [-0.3, -0.25) is 4.98 Å². The second-order valence-electron chi connectivity index (χ2n) is 9.04. The SMILES string of the molecule is CCOC(=O)c1[nH]c(C(c2ccc3ccccc3n2)c2[nH]c(C(=O)OCC)c(CC)c2C)c(C)c1CC. The fraction of sp³-hybridized carbons (Fsp3) is 0.367. The van der Waals surface area contributed by atoms with Gasteiger partial charge in [-0.15, -0.1) is 0 Å². The van der Waals surface area contributed by atoms with E-state index in [1.54, 1.807) is 13.8 Å². The maximum atomic E-state index is 12.9. The Hall–Kier alpha value is -3.87. The monoisotopic (exact) mass is 501 g/mol. The molecule has 0 unspecified atom stereocenters. The Bertz CT molecular complexity index is 1380. The predicted octanol–water partition coefficient (Wildman–Crippen LogP) is 6.17. The van der Waals surface area contributed by atoms with Gasteiger partial charge >= 0.3 is 11.9 Å². The number of benzene rings is 1. The van der Waals surface area contributed by atoms with E-state index in [-0.39, 0.29) is 17.9 Å². The quantitative estimate of drug-likeness (QED) is 0.268. The van der Waals surface area contributed by atoms with Crippen molar-refractivity contribution in [3.63, 3.8) is 0 Å². The summed E-state index contributed by atoms with van der Waals surface area (Å²) in [6.07, 6.45) is 1.35. The number of aromatic nitrogens is 3. The lowest BCUT2D eigenvalue weighted by molar-refractivity contribution is 0.0509. The molecule has 194 valence electrons. The van der Waals surface area contributed by atoms with Crippen molar-refractivity contribution in [1.29, 1.82) is 0 Å². The predicted molar refractivity (Wildman–Crippen MR) is 144 cm³/mol. The number of nitrogens with zero attached hydrogens (tertiary/aromatic N) is 1. The van der Waals surface area contributed by atoms with E-state index in [1.165, 1.54) is 0 Å². The van der Waals surface area contributed by atoms with Gasteiger partial charge < -0.3 is 19.4 Å². The zero-order chi connectivity index (χ0) is 26.7. The van der Waals surface area contributed by atoms with Crippen molar-refractivity contribution in [2.45, 2.75) is 60.3 Å². The zero-order valence-electron chi connectivity index (χ0n) is 22.5. The Kier molecular flexibility index (Phi) is 7.81. The summed E-state index contributed by atoms with van der Waals surface area (Å²) in [6.45, 7) is 12.3. The molecule has 2 N–H and O–H groups in total. The Balaban J connectivity index is 2.00. The van der Waals surface area contributed by atoms with Crippen LogP contribution in [0.25, 0.3) is 10.9 Å². The van der Waals surface area contributed by atoms with Crippen LogP contribution < -0.4 is 0 Å². The number of aromatic amines is 2. The van der Waals surface area contributed by atoms with Crippen LogP contribution in [0.1, 0.15) is 93.9 Å². The van der Waals surface area contributed by atoms with Crippen molar-refractivity contribution < 1.29 is 19.1 Å². The summed E-state index contributed by atoms with van der Waals surface area (Å²) in [7, 11) is 0. The van der Waals surface area contributed by atoms with Gasteiger partial charge in [-0.1, -0.05) is 38.1 Å². The maximum absolute atomic E-state index is 12.9. The molecule has 0 saturated heterocycles. The molecule has 0 spiro atoms. The van der Waals surface area contributed by atoms with E-state index >= 15 is 0 Å². The summed E-state index contributed by atoms with van der Waals surface area (Å²) in [6, 6.07) is 12.0. The van der Waals surface area contributed by atoms with Gasteiger partial charge in [-0.05, 0) is 74.9 Å². The van der Waals surface area contributed by atoms with Crippen LogP contribution in [-0.4, -0.2) is 40.1 Å². The summed E-state index contributed by atoms with van der Waals surface area (Å²) in [5.41, 5.74) is 8.13. The number of esters is 2. The number of nitrogens with one attached hydrogen (secondary N) is 2. The molecule has 7 heteroatoms. The fourth-order valence-corrected chi connectivity index (χ4v) is 5.21. The minimum Gasteiger partial charge on any atom is -0.461 e. The lowest BCUT2D eigenvalue weighted by atomic mass is 9.90. The lowest BCUT2D eigenvalue weighted by Crippen LogP contribution is -2.11. The maximum Gasteiger partial charge on any atom is 0.355 e. The molecule has 4 aromatic rings. The molecular weight excluding hydrogens is 466 g/mol. The molecule has 37 heavy (non-hydrogen) atoms. The van der Waals surface area contributed by atoms with Crippen molar-refractivity contribution in [2.24, 2.45) is 0 Å². The number of pyridine rings is 1. The van der Waals surface area contributed by atoms with Gasteiger partial charge in [-0.25, -0.2) is 9.59 Å². The first-order chi connectivity index (χ1) is 17.9. The van der Waals surface area contributed by atoms with Crippen molar-refractivity contribution in [2.75, 3.05) is 13.2 Å². The minimum atomic E-state index is -0.372. The van der Waals surface area contributed by atoms with Gasteiger partial charge in [0.15, 0.2) is 0 Å². The molecule has 0 saturated carbocycles. The molecule has 0 aliphatic rings. The van der Waals surface area contributed by atoms with Gasteiger partial charge in [0.1, 0.15) is 11.4 Å².